The zero-order valence-corrected chi connectivity index (χ0v) is 8.08. The molecule has 0 aliphatic carbocycles. The van der Waals surface area contributed by atoms with E-state index in [1.54, 1.807) is 12.3 Å². The molecule has 2 aromatic heterocycles. The molecule has 2 aromatic rings. The van der Waals surface area contributed by atoms with Crippen LogP contribution in [0.15, 0.2) is 30.7 Å². The Morgan fingerprint density at radius 3 is 2.53 bits per heavy atom. The maximum absolute atomic E-state index is 9.60. The van der Waals surface area contributed by atoms with Crippen molar-refractivity contribution in [2.75, 3.05) is 7.11 Å². The summed E-state index contributed by atoms with van der Waals surface area (Å²) in [5.74, 6) is 0.391. The first kappa shape index (κ1) is 9.39. The third kappa shape index (κ3) is 1.71. The van der Waals surface area contributed by atoms with E-state index in [1.807, 2.05) is 0 Å². The second-order valence-corrected chi connectivity index (χ2v) is 2.79. The second kappa shape index (κ2) is 3.91. The second-order valence-electron chi connectivity index (χ2n) is 2.79. The fraction of sp³-hybridized carbons (Fsp3) is 0.100. The summed E-state index contributed by atoms with van der Waals surface area (Å²) in [6.07, 6.45) is 4.61. The molecule has 0 aliphatic rings. The number of ether oxygens (including phenoxy) is 1. The Morgan fingerprint density at radius 1 is 1.07 bits per heavy atom. The molecule has 0 amide bonds. The van der Waals surface area contributed by atoms with Crippen LogP contribution in [0.1, 0.15) is 0 Å². The van der Waals surface area contributed by atoms with Gasteiger partial charge in [0.15, 0.2) is 5.69 Å². The van der Waals surface area contributed by atoms with Crippen molar-refractivity contribution in [2.45, 2.75) is 0 Å². The van der Waals surface area contributed by atoms with Gasteiger partial charge in [-0.05, 0) is 12.1 Å². The molecule has 5 nitrogen and oxygen atoms in total. The number of pyridine rings is 1. The molecule has 1 N–H and O–H groups in total. The summed E-state index contributed by atoms with van der Waals surface area (Å²) in [5, 5.41) is 9.60. The number of hydrogen-bond acceptors (Lipinski definition) is 5. The van der Waals surface area contributed by atoms with Gasteiger partial charge in [0.25, 0.3) is 0 Å². The normalized spacial score (nSPS) is 9.93. The van der Waals surface area contributed by atoms with Crippen LogP contribution < -0.4 is 4.74 Å². The summed E-state index contributed by atoms with van der Waals surface area (Å²) in [4.78, 5) is 12.1. The minimum atomic E-state index is 0.0521. The first-order valence-corrected chi connectivity index (χ1v) is 4.32. The molecule has 2 heterocycles. The van der Waals surface area contributed by atoms with Gasteiger partial charge >= 0.3 is 0 Å². The van der Waals surface area contributed by atoms with Crippen LogP contribution in [0.3, 0.4) is 0 Å². The minimum Gasteiger partial charge on any atom is -0.506 e. The van der Waals surface area contributed by atoms with Gasteiger partial charge in [-0.25, -0.2) is 9.97 Å². The number of aromatic hydroxyl groups is 1. The smallest absolute Gasteiger partial charge is 0.242 e. The fourth-order valence-corrected chi connectivity index (χ4v) is 1.22. The number of rotatable bonds is 2. The van der Waals surface area contributed by atoms with Crippen LogP contribution in [0, 0.1) is 0 Å². The Bertz CT molecular complexity index is 474. The molecule has 0 spiro atoms. The van der Waals surface area contributed by atoms with Gasteiger partial charge in [0.05, 0.1) is 7.11 Å². The molecule has 0 atom stereocenters. The van der Waals surface area contributed by atoms with Gasteiger partial charge in [-0.3, -0.25) is 4.98 Å². The molecule has 76 valence electrons. The zero-order valence-electron chi connectivity index (χ0n) is 8.08. The van der Waals surface area contributed by atoms with Crippen LogP contribution in [-0.4, -0.2) is 27.2 Å². The SMILES string of the molecule is COc1nccnc1-c1ncccc1O. The van der Waals surface area contributed by atoms with Gasteiger partial charge in [-0.15, -0.1) is 0 Å². The van der Waals surface area contributed by atoms with Crippen LogP contribution in [0.2, 0.25) is 0 Å². The topological polar surface area (TPSA) is 68.1 Å². The third-order valence-corrected chi connectivity index (χ3v) is 1.87. The van der Waals surface area contributed by atoms with E-state index < -0.39 is 0 Å². The molecule has 0 aliphatic heterocycles. The van der Waals surface area contributed by atoms with E-state index in [2.05, 4.69) is 15.0 Å². The van der Waals surface area contributed by atoms with Crippen molar-refractivity contribution in [3.05, 3.63) is 30.7 Å². The average Bonchev–Trinajstić information content (AvgIpc) is 2.30. The summed E-state index contributed by atoms with van der Waals surface area (Å²) in [7, 11) is 1.49. The van der Waals surface area contributed by atoms with E-state index in [4.69, 9.17) is 4.74 Å². The van der Waals surface area contributed by atoms with E-state index in [0.29, 0.717) is 17.3 Å². The van der Waals surface area contributed by atoms with Crippen molar-refractivity contribution in [3.8, 4) is 23.0 Å². The molecular weight excluding hydrogens is 194 g/mol. The molecular formula is C10H9N3O2. The lowest BCUT2D eigenvalue weighted by atomic mass is 10.2. The van der Waals surface area contributed by atoms with Crippen molar-refractivity contribution in [2.24, 2.45) is 0 Å². The Balaban J connectivity index is 2.59. The van der Waals surface area contributed by atoms with E-state index in [0.717, 1.165) is 0 Å². The van der Waals surface area contributed by atoms with Gasteiger partial charge in [0.2, 0.25) is 5.88 Å². The zero-order chi connectivity index (χ0) is 10.7. The largest absolute Gasteiger partial charge is 0.506 e. The van der Waals surface area contributed by atoms with Crippen molar-refractivity contribution in [1.29, 1.82) is 0 Å². The molecule has 0 radical (unpaired) electrons. The van der Waals surface area contributed by atoms with Crippen LogP contribution in [0.4, 0.5) is 0 Å². The maximum Gasteiger partial charge on any atom is 0.242 e. The van der Waals surface area contributed by atoms with Crippen molar-refractivity contribution in [1.82, 2.24) is 15.0 Å². The average molecular weight is 203 g/mol. The Kier molecular flexibility index (Phi) is 2.45. The molecule has 0 aromatic carbocycles. The van der Waals surface area contributed by atoms with E-state index in [9.17, 15) is 5.11 Å². The molecule has 0 saturated carbocycles. The van der Waals surface area contributed by atoms with Gasteiger partial charge in [-0.2, -0.15) is 0 Å². The molecule has 0 bridgehead atoms. The minimum absolute atomic E-state index is 0.0521. The van der Waals surface area contributed by atoms with Crippen molar-refractivity contribution >= 4 is 0 Å². The first-order chi connectivity index (χ1) is 7.33. The third-order valence-electron chi connectivity index (χ3n) is 1.87. The van der Waals surface area contributed by atoms with Crippen LogP contribution in [0.25, 0.3) is 11.4 Å². The lowest BCUT2D eigenvalue weighted by molar-refractivity contribution is 0.397. The highest BCUT2D eigenvalue weighted by atomic mass is 16.5. The summed E-state index contributed by atoms with van der Waals surface area (Å²) in [6, 6.07) is 3.18. The van der Waals surface area contributed by atoms with Crippen molar-refractivity contribution < 1.29 is 9.84 Å². The summed E-state index contributed by atoms with van der Waals surface area (Å²) in [6.45, 7) is 0. The highest BCUT2D eigenvalue weighted by molar-refractivity contribution is 5.65. The first-order valence-electron chi connectivity index (χ1n) is 4.32. The van der Waals surface area contributed by atoms with E-state index >= 15 is 0 Å². The van der Waals surface area contributed by atoms with Gasteiger partial charge < -0.3 is 9.84 Å². The van der Waals surface area contributed by atoms with Crippen LogP contribution in [-0.2, 0) is 0 Å². The fourth-order valence-electron chi connectivity index (χ4n) is 1.22. The molecule has 0 unspecified atom stereocenters. The number of hydrogen-bond donors (Lipinski definition) is 1. The Hall–Kier alpha value is -2.17. The molecule has 0 saturated heterocycles. The Labute approximate surface area is 86.4 Å². The van der Waals surface area contributed by atoms with Gasteiger partial charge in [0, 0.05) is 18.6 Å². The molecule has 5 heteroatoms. The predicted molar refractivity (Wildman–Crippen MR) is 53.5 cm³/mol. The van der Waals surface area contributed by atoms with E-state index in [-0.39, 0.29) is 5.75 Å². The summed E-state index contributed by atoms with van der Waals surface area (Å²) in [5.41, 5.74) is 0.792. The molecule has 2 rings (SSSR count). The number of aromatic nitrogens is 3. The molecule has 0 fully saturated rings. The van der Waals surface area contributed by atoms with Crippen LogP contribution >= 0.6 is 0 Å². The number of nitrogens with zero attached hydrogens (tertiary/aromatic N) is 3. The Morgan fingerprint density at radius 2 is 1.80 bits per heavy atom. The molecule has 15 heavy (non-hydrogen) atoms. The standard InChI is InChI=1S/C10H9N3O2/c1-15-10-9(12-5-6-13-10)8-7(14)3-2-4-11-8/h2-6,14H,1H3. The highest BCUT2D eigenvalue weighted by Gasteiger charge is 2.12. The monoisotopic (exact) mass is 203 g/mol. The number of methoxy groups -OCH3 is 1. The maximum atomic E-state index is 9.60. The van der Waals surface area contributed by atoms with Crippen molar-refractivity contribution in [3.63, 3.8) is 0 Å². The van der Waals surface area contributed by atoms with Gasteiger partial charge in [-0.1, -0.05) is 0 Å². The highest BCUT2D eigenvalue weighted by Crippen LogP contribution is 2.29. The quantitative estimate of drug-likeness (QED) is 0.795. The lowest BCUT2D eigenvalue weighted by Gasteiger charge is -2.05. The van der Waals surface area contributed by atoms with Gasteiger partial charge in [0.1, 0.15) is 11.4 Å². The predicted octanol–water partition coefficient (Wildman–Crippen LogP) is 1.25. The summed E-state index contributed by atoms with van der Waals surface area (Å²) >= 11 is 0. The van der Waals surface area contributed by atoms with Crippen LogP contribution in [0.5, 0.6) is 11.6 Å². The summed E-state index contributed by atoms with van der Waals surface area (Å²) < 4.78 is 5.03. The van der Waals surface area contributed by atoms with E-state index in [1.165, 1.54) is 25.6 Å². The lowest BCUT2D eigenvalue weighted by Crippen LogP contribution is -1.95.